The van der Waals surface area contributed by atoms with Crippen LogP contribution in [0.1, 0.15) is 41.4 Å². The number of para-hydroxylation sites is 2. The minimum absolute atomic E-state index is 0.0424. The van der Waals surface area contributed by atoms with Crippen molar-refractivity contribution in [3.05, 3.63) is 131 Å². The van der Waals surface area contributed by atoms with E-state index in [-0.39, 0.29) is 22.3 Å². The van der Waals surface area contributed by atoms with Crippen molar-refractivity contribution in [2.75, 3.05) is 10.6 Å². The zero-order valence-electron chi connectivity index (χ0n) is 18.0. The van der Waals surface area contributed by atoms with Crippen LogP contribution in [0.2, 0.25) is 0 Å². The smallest absolute Gasteiger partial charge is 0.256 e. The van der Waals surface area contributed by atoms with E-state index < -0.39 is 23.4 Å². The Morgan fingerprint density at radius 2 is 0.676 bits per heavy atom. The predicted molar refractivity (Wildman–Crippen MR) is 130 cm³/mol. The number of amides is 2. The van der Waals surface area contributed by atoms with Gasteiger partial charge in [-0.3, -0.25) is 19.2 Å². The Bertz CT molecular complexity index is 1260. The number of hydrogen-bond acceptors (Lipinski definition) is 4. The summed E-state index contributed by atoms with van der Waals surface area (Å²) in [6.45, 7) is 0. The molecule has 0 saturated carbocycles. The van der Waals surface area contributed by atoms with Crippen LogP contribution in [-0.4, -0.2) is 23.4 Å². The highest BCUT2D eigenvalue weighted by molar-refractivity contribution is 6.51. The second-order valence-electron chi connectivity index (χ2n) is 7.39. The second kappa shape index (κ2) is 10.2. The molecule has 0 aliphatic heterocycles. The van der Waals surface area contributed by atoms with E-state index in [1.807, 2.05) is 12.1 Å². The van der Waals surface area contributed by atoms with Gasteiger partial charge >= 0.3 is 0 Å². The number of Topliss-reactive ketones (excluding diaryl/α,β-unsaturated/α-hetero) is 2. The summed E-state index contributed by atoms with van der Waals surface area (Å²) in [5, 5.41) is 5.45. The molecule has 0 unspecified atom stereocenters. The van der Waals surface area contributed by atoms with Crippen molar-refractivity contribution < 1.29 is 19.2 Å². The molecule has 0 spiro atoms. The molecule has 4 rings (SSSR count). The van der Waals surface area contributed by atoms with E-state index in [4.69, 9.17) is 0 Å². The van der Waals surface area contributed by atoms with Crippen molar-refractivity contribution in [2.24, 2.45) is 0 Å². The van der Waals surface area contributed by atoms with E-state index in [9.17, 15) is 19.2 Å². The van der Waals surface area contributed by atoms with Gasteiger partial charge in [-0.15, -0.1) is 0 Å². The molecule has 0 radical (unpaired) electrons. The lowest BCUT2D eigenvalue weighted by molar-refractivity contribution is 0.0813. The molecule has 6 nitrogen and oxygen atoms in total. The zero-order valence-corrected chi connectivity index (χ0v) is 18.0. The lowest BCUT2D eigenvalue weighted by atomic mass is 9.94. The molecule has 0 bridgehead atoms. The van der Waals surface area contributed by atoms with Gasteiger partial charge < -0.3 is 10.6 Å². The summed E-state index contributed by atoms with van der Waals surface area (Å²) in [5.41, 5.74) is 1.17. The Morgan fingerprint density at radius 1 is 0.382 bits per heavy atom. The number of carbonyl (C=O) groups excluding carboxylic acids is 4. The van der Waals surface area contributed by atoms with Gasteiger partial charge in [0.25, 0.3) is 11.8 Å². The molecule has 0 heterocycles. The van der Waals surface area contributed by atoms with Crippen LogP contribution >= 0.6 is 0 Å². The zero-order chi connectivity index (χ0) is 23.9. The topological polar surface area (TPSA) is 92.3 Å². The maximum atomic E-state index is 13.2. The minimum atomic E-state index is -0.876. The highest BCUT2D eigenvalue weighted by Gasteiger charge is 2.27. The summed E-state index contributed by atoms with van der Waals surface area (Å²) in [7, 11) is 0. The molecule has 6 heteroatoms. The SMILES string of the molecule is O=C(Nc1ccccc1)c1ccccc1C(=O)C(=O)c1ccccc1C(=O)Nc1ccccc1. The van der Waals surface area contributed by atoms with Gasteiger partial charge in [0.15, 0.2) is 0 Å². The lowest BCUT2D eigenvalue weighted by Crippen LogP contribution is -2.24. The molecule has 0 fully saturated rings. The Hall–Kier alpha value is -4.84. The Kier molecular flexibility index (Phi) is 6.70. The number of rotatable bonds is 7. The number of hydrogen-bond donors (Lipinski definition) is 2. The predicted octanol–water partition coefficient (Wildman–Crippen LogP) is 5.26. The van der Waals surface area contributed by atoms with Crippen molar-refractivity contribution in [1.82, 2.24) is 0 Å². The van der Waals surface area contributed by atoms with E-state index in [0.717, 1.165) is 0 Å². The van der Waals surface area contributed by atoms with Gasteiger partial charge in [-0.2, -0.15) is 0 Å². The van der Waals surface area contributed by atoms with Crippen LogP contribution < -0.4 is 10.6 Å². The van der Waals surface area contributed by atoms with Crippen LogP contribution in [0.25, 0.3) is 0 Å². The van der Waals surface area contributed by atoms with Crippen LogP contribution in [0.15, 0.2) is 109 Å². The van der Waals surface area contributed by atoms with Crippen molar-refractivity contribution >= 4 is 34.8 Å². The van der Waals surface area contributed by atoms with Crippen LogP contribution in [0.4, 0.5) is 11.4 Å². The highest BCUT2D eigenvalue weighted by atomic mass is 16.2. The summed E-state index contributed by atoms with van der Waals surface area (Å²) >= 11 is 0. The first-order valence-corrected chi connectivity index (χ1v) is 10.5. The van der Waals surface area contributed by atoms with E-state index >= 15 is 0 Å². The summed E-state index contributed by atoms with van der Waals surface area (Å²) in [6.07, 6.45) is 0. The molecule has 2 N–H and O–H groups in total. The minimum Gasteiger partial charge on any atom is -0.322 e. The first kappa shape index (κ1) is 22.4. The lowest BCUT2D eigenvalue weighted by Gasteiger charge is -2.11. The van der Waals surface area contributed by atoms with Crippen molar-refractivity contribution in [3.63, 3.8) is 0 Å². The van der Waals surface area contributed by atoms with Gasteiger partial charge in [0.2, 0.25) is 11.6 Å². The van der Waals surface area contributed by atoms with Crippen LogP contribution in [0.3, 0.4) is 0 Å². The summed E-state index contributed by atoms with van der Waals surface area (Å²) in [5.74, 6) is -2.78. The highest BCUT2D eigenvalue weighted by Crippen LogP contribution is 2.19. The Balaban J connectivity index is 1.61. The number of anilines is 2. The standard InChI is InChI=1S/C28H20N2O4/c31-25(21-15-7-9-17-23(21)27(33)29-19-11-3-1-4-12-19)26(32)22-16-8-10-18-24(22)28(34)30-20-13-5-2-6-14-20/h1-18H,(H,29,33)(H,30,34). The monoisotopic (exact) mass is 448 g/mol. The quantitative estimate of drug-likeness (QED) is 0.298. The fourth-order valence-corrected chi connectivity index (χ4v) is 3.44. The average molecular weight is 448 g/mol. The van der Waals surface area contributed by atoms with Gasteiger partial charge in [0, 0.05) is 22.5 Å². The van der Waals surface area contributed by atoms with Gasteiger partial charge in [-0.05, 0) is 36.4 Å². The molecule has 0 aliphatic carbocycles. The van der Waals surface area contributed by atoms with E-state index in [1.54, 1.807) is 72.8 Å². The molecule has 4 aromatic carbocycles. The molecule has 0 saturated heterocycles. The van der Waals surface area contributed by atoms with Gasteiger partial charge in [0.1, 0.15) is 0 Å². The van der Waals surface area contributed by atoms with Crippen LogP contribution in [0.5, 0.6) is 0 Å². The normalized spacial score (nSPS) is 10.2. The third-order valence-electron chi connectivity index (χ3n) is 5.10. The van der Waals surface area contributed by atoms with Crippen molar-refractivity contribution in [1.29, 1.82) is 0 Å². The van der Waals surface area contributed by atoms with Crippen molar-refractivity contribution in [3.8, 4) is 0 Å². The van der Waals surface area contributed by atoms with E-state index in [0.29, 0.717) is 11.4 Å². The van der Waals surface area contributed by atoms with Gasteiger partial charge in [-0.25, -0.2) is 0 Å². The summed E-state index contributed by atoms with van der Waals surface area (Å²) in [4.78, 5) is 52.1. The molecular weight excluding hydrogens is 428 g/mol. The van der Waals surface area contributed by atoms with Crippen LogP contribution in [0, 0.1) is 0 Å². The molecular formula is C28H20N2O4. The number of ketones is 2. The fourth-order valence-electron chi connectivity index (χ4n) is 3.44. The summed E-state index contributed by atoms with van der Waals surface area (Å²) < 4.78 is 0. The third kappa shape index (κ3) is 4.97. The number of benzene rings is 4. The molecule has 2 amide bonds. The third-order valence-corrected chi connectivity index (χ3v) is 5.10. The first-order valence-electron chi connectivity index (χ1n) is 10.5. The fraction of sp³-hybridized carbons (Fsp3) is 0. The second-order valence-corrected chi connectivity index (χ2v) is 7.39. The number of nitrogens with one attached hydrogen (secondary N) is 2. The van der Waals surface area contributed by atoms with Gasteiger partial charge in [-0.1, -0.05) is 72.8 Å². The summed E-state index contributed by atoms with van der Waals surface area (Å²) in [6, 6.07) is 29.8. The molecule has 0 atom stereocenters. The first-order chi connectivity index (χ1) is 16.5. The van der Waals surface area contributed by atoms with Crippen LogP contribution in [-0.2, 0) is 0 Å². The van der Waals surface area contributed by atoms with Gasteiger partial charge in [0.05, 0.1) is 11.1 Å². The molecule has 0 aromatic heterocycles. The Morgan fingerprint density at radius 3 is 1.03 bits per heavy atom. The average Bonchev–Trinajstić information content (AvgIpc) is 2.89. The molecule has 4 aromatic rings. The van der Waals surface area contributed by atoms with E-state index in [2.05, 4.69) is 10.6 Å². The Labute approximate surface area is 196 Å². The molecule has 166 valence electrons. The molecule has 0 aliphatic rings. The largest absolute Gasteiger partial charge is 0.322 e. The molecule has 34 heavy (non-hydrogen) atoms. The number of carbonyl (C=O) groups is 4. The van der Waals surface area contributed by atoms with Crippen molar-refractivity contribution in [2.45, 2.75) is 0 Å². The maximum absolute atomic E-state index is 13.2. The maximum Gasteiger partial charge on any atom is 0.256 e. The van der Waals surface area contributed by atoms with E-state index in [1.165, 1.54) is 24.3 Å².